The summed E-state index contributed by atoms with van der Waals surface area (Å²) in [5.74, 6) is -1.29. The minimum absolute atomic E-state index is 0.138. The normalized spacial score (nSPS) is 10.5. The smallest absolute Gasteiger partial charge is 0.336 e. The van der Waals surface area contributed by atoms with Crippen LogP contribution in [0.4, 0.5) is 0 Å². The molecule has 2 aromatic rings. The maximum atomic E-state index is 11.7. The zero-order valence-electron chi connectivity index (χ0n) is 11.2. The van der Waals surface area contributed by atoms with Crippen molar-refractivity contribution < 1.29 is 14.7 Å². The standard InChI is InChI=1S/C16H14N2O3/c19-15(10-12-6-2-1-3-7-12)18-17-11-13-8-4-5-9-14(13)16(20)21/h1-9,11H,10H2,(H,18,19)(H,20,21)/b17-11-. The molecule has 0 radical (unpaired) electrons. The van der Waals surface area contributed by atoms with E-state index >= 15 is 0 Å². The van der Waals surface area contributed by atoms with Crippen LogP contribution in [-0.2, 0) is 11.2 Å². The predicted molar refractivity (Wildman–Crippen MR) is 79.3 cm³/mol. The van der Waals surface area contributed by atoms with Gasteiger partial charge in [0.15, 0.2) is 0 Å². The molecule has 0 unspecified atom stereocenters. The van der Waals surface area contributed by atoms with Crippen LogP contribution >= 0.6 is 0 Å². The van der Waals surface area contributed by atoms with Gasteiger partial charge in [0.25, 0.3) is 0 Å². The van der Waals surface area contributed by atoms with Gasteiger partial charge in [0, 0.05) is 5.56 Å². The van der Waals surface area contributed by atoms with Gasteiger partial charge in [0.2, 0.25) is 5.91 Å². The molecule has 0 atom stereocenters. The molecule has 21 heavy (non-hydrogen) atoms. The molecule has 0 aliphatic carbocycles. The van der Waals surface area contributed by atoms with Crippen molar-refractivity contribution >= 4 is 18.1 Å². The van der Waals surface area contributed by atoms with Crippen LogP contribution < -0.4 is 5.43 Å². The van der Waals surface area contributed by atoms with Crippen LogP contribution in [0.1, 0.15) is 21.5 Å². The fourth-order valence-electron chi connectivity index (χ4n) is 1.80. The number of benzene rings is 2. The lowest BCUT2D eigenvalue weighted by molar-refractivity contribution is -0.120. The van der Waals surface area contributed by atoms with E-state index in [1.54, 1.807) is 18.2 Å². The van der Waals surface area contributed by atoms with Crippen molar-refractivity contribution in [3.63, 3.8) is 0 Å². The first kappa shape index (κ1) is 14.5. The Morgan fingerprint density at radius 2 is 1.71 bits per heavy atom. The Hall–Kier alpha value is -2.95. The summed E-state index contributed by atoms with van der Waals surface area (Å²) in [5, 5.41) is 12.8. The monoisotopic (exact) mass is 282 g/mol. The highest BCUT2D eigenvalue weighted by Gasteiger charge is 2.07. The number of amides is 1. The van der Waals surface area contributed by atoms with Gasteiger partial charge in [-0.05, 0) is 11.6 Å². The molecule has 2 rings (SSSR count). The predicted octanol–water partition coefficient (Wildman–Crippen LogP) is 2.08. The first-order chi connectivity index (χ1) is 10.2. The van der Waals surface area contributed by atoms with Gasteiger partial charge in [-0.15, -0.1) is 0 Å². The first-order valence-corrected chi connectivity index (χ1v) is 6.35. The SMILES string of the molecule is O=C(Cc1ccccc1)N/N=C\c1ccccc1C(=O)O. The number of carboxylic acid groups (broad SMARTS) is 1. The Kier molecular flexibility index (Phi) is 4.82. The molecule has 0 aliphatic rings. The number of hydrazone groups is 1. The highest BCUT2D eigenvalue weighted by Crippen LogP contribution is 2.05. The van der Waals surface area contributed by atoms with Gasteiger partial charge in [-0.2, -0.15) is 5.10 Å². The summed E-state index contributed by atoms with van der Waals surface area (Å²) in [4.78, 5) is 22.7. The highest BCUT2D eigenvalue weighted by atomic mass is 16.4. The lowest BCUT2D eigenvalue weighted by atomic mass is 10.1. The number of aromatic carboxylic acids is 1. The lowest BCUT2D eigenvalue weighted by Crippen LogP contribution is -2.19. The molecule has 0 saturated carbocycles. The Morgan fingerprint density at radius 3 is 2.43 bits per heavy atom. The van der Waals surface area contributed by atoms with Gasteiger partial charge in [-0.3, -0.25) is 4.79 Å². The molecule has 2 aromatic carbocycles. The summed E-state index contributed by atoms with van der Waals surface area (Å²) in [7, 11) is 0. The van der Waals surface area contributed by atoms with E-state index in [1.807, 2.05) is 30.3 Å². The van der Waals surface area contributed by atoms with Gasteiger partial charge < -0.3 is 5.11 Å². The average Bonchev–Trinajstić information content (AvgIpc) is 2.48. The second-order valence-corrected chi connectivity index (χ2v) is 4.35. The number of carbonyl (C=O) groups excluding carboxylic acids is 1. The Morgan fingerprint density at radius 1 is 1.05 bits per heavy atom. The quantitative estimate of drug-likeness (QED) is 0.651. The van der Waals surface area contributed by atoms with Gasteiger partial charge in [-0.25, -0.2) is 10.2 Å². The zero-order chi connectivity index (χ0) is 15.1. The van der Waals surface area contributed by atoms with Gasteiger partial charge >= 0.3 is 5.97 Å². The van der Waals surface area contributed by atoms with E-state index in [-0.39, 0.29) is 17.9 Å². The molecule has 106 valence electrons. The fourth-order valence-corrected chi connectivity index (χ4v) is 1.80. The van der Waals surface area contributed by atoms with Crippen LogP contribution in [0.3, 0.4) is 0 Å². The second kappa shape index (κ2) is 7.00. The Balaban J connectivity index is 1.97. The molecule has 0 aromatic heterocycles. The number of carbonyl (C=O) groups is 2. The zero-order valence-corrected chi connectivity index (χ0v) is 11.2. The van der Waals surface area contributed by atoms with Crippen molar-refractivity contribution in [1.29, 1.82) is 0 Å². The first-order valence-electron chi connectivity index (χ1n) is 6.35. The van der Waals surface area contributed by atoms with Crippen LogP contribution in [0.25, 0.3) is 0 Å². The van der Waals surface area contributed by atoms with Crippen LogP contribution in [0.2, 0.25) is 0 Å². The van der Waals surface area contributed by atoms with E-state index in [2.05, 4.69) is 10.5 Å². The van der Waals surface area contributed by atoms with Gasteiger partial charge in [0.05, 0.1) is 18.2 Å². The molecule has 5 heteroatoms. The van der Waals surface area contributed by atoms with E-state index in [0.717, 1.165) is 5.56 Å². The number of hydrogen-bond donors (Lipinski definition) is 2. The minimum Gasteiger partial charge on any atom is -0.478 e. The van der Waals surface area contributed by atoms with Crippen LogP contribution in [-0.4, -0.2) is 23.2 Å². The third-order valence-corrected chi connectivity index (χ3v) is 2.79. The van der Waals surface area contributed by atoms with E-state index in [9.17, 15) is 9.59 Å². The Labute approximate surface area is 121 Å². The summed E-state index contributed by atoms with van der Waals surface area (Å²) in [5.41, 5.74) is 3.84. The maximum Gasteiger partial charge on any atom is 0.336 e. The molecule has 1 amide bonds. The van der Waals surface area contributed by atoms with E-state index in [4.69, 9.17) is 5.11 Å². The molecule has 5 nitrogen and oxygen atoms in total. The summed E-state index contributed by atoms with van der Waals surface area (Å²) in [6.07, 6.45) is 1.55. The Bertz CT molecular complexity index is 666. The number of nitrogens with one attached hydrogen (secondary N) is 1. The van der Waals surface area contributed by atoms with Gasteiger partial charge in [0.1, 0.15) is 0 Å². The third-order valence-electron chi connectivity index (χ3n) is 2.79. The molecule has 2 N–H and O–H groups in total. The van der Waals surface area contributed by atoms with Crippen molar-refractivity contribution in [2.24, 2.45) is 5.10 Å². The summed E-state index contributed by atoms with van der Waals surface area (Å²) in [6.45, 7) is 0. The number of nitrogens with zero attached hydrogens (tertiary/aromatic N) is 1. The highest BCUT2D eigenvalue weighted by molar-refractivity contribution is 5.98. The lowest BCUT2D eigenvalue weighted by Gasteiger charge is -2.01. The molecule has 0 fully saturated rings. The van der Waals surface area contributed by atoms with Crippen molar-refractivity contribution in [3.05, 3.63) is 71.3 Å². The molecule has 0 bridgehead atoms. The van der Waals surface area contributed by atoms with Crippen molar-refractivity contribution in [2.45, 2.75) is 6.42 Å². The fraction of sp³-hybridized carbons (Fsp3) is 0.0625. The van der Waals surface area contributed by atoms with E-state index in [1.165, 1.54) is 12.3 Å². The van der Waals surface area contributed by atoms with Crippen LogP contribution in [0.15, 0.2) is 59.7 Å². The summed E-state index contributed by atoms with van der Waals surface area (Å²) < 4.78 is 0. The topological polar surface area (TPSA) is 78.8 Å². The van der Waals surface area contributed by atoms with Crippen LogP contribution in [0.5, 0.6) is 0 Å². The minimum atomic E-state index is -1.03. The molecule has 0 spiro atoms. The van der Waals surface area contributed by atoms with Crippen molar-refractivity contribution in [3.8, 4) is 0 Å². The number of rotatable bonds is 5. The largest absolute Gasteiger partial charge is 0.478 e. The summed E-state index contributed by atoms with van der Waals surface area (Å²) >= 11 is 0. The van der Waals surface area contributed by atoms with E-state index in [0.29, 0.717) is 5.56 Å². The molecular weight excluding hydrogens is 268 g/mol. The van der Waals surface area contributed by atoms with Gasteiger partial charge in [-0.1, -0.05) is 48.5 Å². The number of hydrogen-bond acceptors (Lipinski definition) is 3. The molecular formula is C16H14N2O3. The van der Waals surface area contributed by atoms with Crippen molar-refractivity contribution in [1.82, 2.24) is 5.43 Å². The third kappa shape index (κ3) is 4.28. The number of carboxylic acids is 1. The van der Waals surface area contributed by atoms with Crippen molar-refractivity contribution in [2.75, 3.05) is 0 Å². The van der Waals surface area contributed by atoms with E-state index < -0.39 is 5.97 Å². The summed E-state index contributed by atoms with van der Waals surface area (Å²) in [6, 6.07) is 15.7. The molecule has 0 aliphatic heterocycles. The maximum absolute atomic E-state index is 11.7. The van der Waals surface area contributed by atoms with Crippen LogP contribution in [0, 0.1) is 0 Å². The molecule has 0 heterocycles. The average molecular weight is 282 g/mol. The molecule has 0 saturated heterocycles. The second-order valence-electron chi connectivity index (χ2n) is 4.35.